The number of rotatable bonds is 8. The second kappa shape index (κ2) is 9.08. The predicted molar refractivity (Wildman–Crippen MR) is 133 cm³/mol. The van der Waals surface area contributed by atoms with Crippen LogP contribution >= 0.6 is 0 Å². The van der Waals surface area contributed by atoms with E-state index in [9.17, 15) is 0 Å². The topological polar surface area (TPSA) is 3.24 Å². The van der Waals surface area contributed by atoms with Crippen LogP contribution in [0.4, 0.5) is 11.4 Å². The molecule has 0 atom stereocenters. The summed E-state index contributed by atoms with van der Waals surface area (Å²) in [6.45, 7) is 13.8. The number of benzene rings is 3. The minimum atomic E-state index is 0.0466. The molecule has 0 radical (unpaired) electrons. The molecule has 0 heterocycles. The lowest BCUT2D eigenvalue weighted by atomic mass is 9.82. The van der Waals surface area contributed by atoms with Gasteiger partial charge in [0.05, 0.1) is 0 Å². The SMILES string of the molecule is CCCC(C)(C)N(c1ccccc1)c1ccc(-c2ccc(C(C)(C)CC)cc2)cc1. The second-order valence-electron chi connectivity index (χ2n) is 9.60. The van der Waals surface area contributed by atoms with E-state index in [2.05, 4.69) is 125 Å². The average molecular weight is 400 g/mol. The molecule has 158 valence electrons. The zero-order valence-electron chi connectivity index (χ0n) is 19.6. The van der Waals surface area contributed by atoms with Crippen LogP contribution in [0.1, 0.15) is 66.4 Å². The van der Waals surface area contributed by atoms with Crippen LogP contribution < -0.4 is 4.90 Å². The van der Waals surface area contributed by atoms with Crippen molar-refractivity contribution in [3.8, 4) is 11.1 Å². The molecule has 30 heavy (non-hydrogen) atoms. The molecule has 0 aliphatic rings. The Bertz CT molecular complexity index is 918. The van der Waals surface area contributed by atoms with Gasteiger partial charge in [-0.15, -0.1) is 0 Å². The summed E-state index contributed by atoms with van der Waals surface area (Å²) in [4.78, 5) is 2.48. The van der Waals surface area contributed by atoms with Crippen molar-refractivity contribution in [3.05, 3.63) is 84.4 Å². The van der Waals surface area contributed by atoms with Gasteiger partial charge in [0.15, 0.2) is 0 Å². The fourth-order valence-electron chi connectivity index (χ4n) is 4.27. The van der Waals surface area contributed by atoms with Crippen molar-refractivity contribution in [1.29, 1.82) is 0 Å². The van der Waals surface area contributed by atoms with E-state index >= 15 is 0 Å². The molecule has 3 rings (SSSR count). The molecule has 3 aromatic rings. The van der Waals surface area contributed by atoms with E-state index in [4.69, 9.17) is 0 Å². The summed E-state index contributed by atoms with van der Waals surface area (Å²) >= 11 is 0. The van der Waals surface area contributed by atoms with Crippen molar-refractivity contribution in [3.63, 3.8) is 0 Å². The van der Waals surface area contributed by atoms with Crippen LogP contribution in [-0.2, 0) is 5.41 Å². The van der Waals surface area contributed by atoms with Crippen molar-refractivity contribution in [2.45, 2.75) is 71.8 Å². The third-order valence-corrected chi connectivity index (χ3v) is 6.49. The lowest BCUT2D eigenvalue weighted by Crippen LogP contribution is -2.40. The van der Waals surface area contributed by atoms with Crippen molar-refractivity contribution in [2.75, 3.05) is 4.90 Å². The van der Waals surface area contributed by atoms with Gasteiger partial charge in [0, 0.05) is 16.9 Å². The summed E-state index contributed by atoms with van der Waals surface area (Å²) < 4.78 is 0. The van der Waals surface area contributed by atoms with Crippen LogP contribution in [0.2, 0.25) is 0 Å². The van der Waals surface area contributed by atoms with Crippen molar-refractivity contribution in [2.24, 2.45) is 0 Å². The molecule has 0 unspecified atom stereocenters. The molecule has 3 aromatic carbocycles. The van der Waals surface area contributed by atoms with Gasteiger partial charge in [0.25, 0.3) is 0 Å². The smallest absolute Gasteiger partial charge is 0.0416 e. The zero-order valence-corrected chi connectivity index (χ0v) is 19.6. The van der Waals surface area contributed by atoms with E-state index in [0.717, 1.165) is 19.3 Å². The number of anilines is 2. The molecular weight excluding hydrogens is 362 g/mol. The third kappa shape index (κ3) is 4.78. The minimum Gasteiger partial charge on any atom is -0.336 e. The van der Waals surface area contributed by atoms with Gasteiger partial charge in [-0.25, -0.2) is 0 Å². The fourth-order valence-corrected chi connectivity index (χ4v) is 4.27. The number of para-hydroxylation sites is 1. The molecule has 1 nitrogen and oxygen atoms in total. The van der Waals surface area contributed by atoms with Gasteiger partial charge in [-0.3, -0.25) is 0 Å². The first-order chi connectivity index (χ1) is 14.3. The molecule has 0 bridgehead atoms. The summed E-state index contributed by atoms with van der Waals surface area (Å²) in [5, 5.41) is 0. The maximum Gasteiger partial charge on any atom is 0.0416 e. The van der Waals surface area contributed by atoms with Gasteiger partial charge in [-0.05, 0) is 73.1 Å². The van der Waals surface area contributed by atoms with Crippen LogP contribution in [0.5, 0.6) is 0 Å². The van der Waals surface area contributed by atoms with Gasteiger partial charge >= 0.3 is 0 Å². The number of hydrogen-bond donors (Lipinski definition) is 0. The second-order valence-corrected chi connectivity index (χ2v) is 9.60. The highest BCUT2D eigenvalue weighted by Crippen LogP contribution is 2.37. The Morgan fingerprint density at radius 2 is 1.13 bits per heavy atom. The standard InChI is InChI=1S/C29H37N/c1-7-22-29(5,6)30(26-12-10-9-11-13-26)27-20-16-24(17-21-27)23-14-18-25(19-15-23)28(3,4)8-2/h9-21H,7-8,22H2,1-6H3. The highest BCUT2D eigenvalue weighted by Gasteiger charge is 2.27. The largest absolute Gasteiger partial charge is 0.336 e. The molecule has 0 fully saturated rings. The molecule has 0 saturated carbocycles. The molecule has 0 N–H and O–H groups in total. The fraction of sp³-hybridized carbons (Fsp3) is 0.379. The van der Waals surface area contributed by atoms with Crippen molar-refractivity contribution < 1.29 is 0 Å². The number of hydrogen-bond acceptors (Lipinski definition) is 1. The molecule has 0 spiro atoms. The van der Waals surface area contributed by atoms with Gasteiger partial charge in [-0.2, -0.15) is 0 Å². The molecule has 0 aliphatic heterocycles. The quantitative estimate of drug-likeness (QED) is 0.366. The first-order valence-corrected chi connectivity index (χ1v) is 11.3. The Morgan fingerprint density at radius 1 is 0.633 bits per heavy atom. The first-order valence-electron chi connectivity index (χ1n) is 11.3. The van der Waals surface area contributed by atoms with Crippen LogP contribution in [-0.4, -0.2) is 5.54 Å². The molecule has 0 amide bonds. The van der Waals surface area contributed by atoms with Crippen molar-refractivity contribution >= 4 is 11.4 Å². The molecule has 0 aromatic heterocycles. The van der Waals surface area contributed by atoms with Gasteiger partial charge in [0.1, 0.15) is 0 Å². The van der Waals surface area contributed by atoms with Gasteiger partial charge < -0.3 is 4.90 Å². The van der Waals surface area contributed by atoms with Crippen LogP contribution in [0, 0.1) is 0 Å². The Morgan fingerprint density at radius 3 is 1.63 bits per heavy atom. The summed E-state index contributed by atoms with van der Waals surface area (Å²) in [5.74, 6) is 0. The van der Waals surface area contributed by atoms with E-state index in [1.165, 1.54) is 28.1 Å². The van der Waals surface area contributed by atoms with Gasteiger partial charge in [-0.1, -0.05) is 88.7 Å². The Labute approximate surface area is 183 Å². The van der Waals surface area contributed by atoms with E-state index < -0.39 is 0 Å². The van der Waals surface area contributed by atoms with Crippen LogP contribution in [0.25, 0.3) is 11.1 Å². The Kier molecular flexibility index (Phi) is 6.71. The Balaban J connectivity index is 1.92. The van der Waals surface area contributed by atoms with E-state index in [-0.39, 0.29) is 11.0 Å². The maximum atomic E-state index is 2.48. The Hall–Kier alpha value is -2.54. The molecule has 0 saturated heterocycles. The van der Waals surface area contributed by atoms with E-state index in [1.54, 1.807) is 0 Å². The van der Waals surface area contributed by atoms with E-state index in [1.807, 2.05) is 0 Å². The van der Waals surface area contributed by atoms with Crippen LogP contribution in [0.3, 0.4) is 0 Å². The highest BCUT2D eigenvalue weighted by molar-refractivity contribution is 5.71. The summed E-state index contributed by atoms with van der Waals surface area (Å²) in [6.07, 6.45) is 3.44. The molecule has 0 aliphatic carbocycles. The molecule has 1 heteroatoms. The summed E-state index contributed by atoms with van der Waals surface area (Å²) in [7, 11) is 0. The van der Waals surface area contributed by atoms with Gasteiger partial charge in [0.2, 0.25) is 0 Å². The molecular formula is C29H37N. The maximum absolute atomic E-state index is 2.48. The first kappa shape index (κ1) is 22.2. The highest BCUT2D eigenvalue weighted by atomic mass is 15.2. The third-order valence-electron chi connectivity index (χ3n) is 6.49. The number of nitrogens with zero attached hydrogens (tertiary/aromatic N) is 1. The zero-order chi connectivity index (χ0) is 21.8. The predicted octanol–water partition coefficient (Wildman–Crippen LogP) is 8.76. The normalized spacial score (nSPS) is 12.1. The monoisotopic (exact) mass is 399 g/mol. The lowest BCUT2D eigenvalue weighted by Gasteiger charge is -2.40. The average Bonchev–Trinajstić information content (AvgIpc) is 2.75. The lowest BCUT2D eigenvalue weighted by molar-refractivity contribution is 0.459. The summed E-state index contributed by atoms with van der Waals surface area (Å²) in [5.41, 5.74) is 6.70. The minimum absolute atomic E-state index is 0.0466. The summed E-state index contributed by atoms with van der Waals surface area (Å²) in [6, 6.07) is 28.9. The van der Waals surface area contributed by atoms with Crippen molar-refractivity contribution in [1.82, 2.24) is 0 Å². The van der Waals surface area contributed by atoms with E-state index in [0.29, 0.717) is 0 Å². The van der Waals surface area contributed by atoms with Crippen LogP contribution in [0.15, 0.2) is 78.9 Å².